The van der Waals surface area contributed by atoms with Gasteiger partial charge in [-0.05, 0) is 31.0 Å². The summed E-state index contributed by atoms with van der Waals surface area (Å²) in [6.45, 7) is 2.18. The van der Waals surface area contributed by atoms with Crippen LogP contribution in [0.25, 0.3) is 0 Å². The Hall–Kier alpha value is -2.44. The molecule has 1 atom stereocenters. The number of hydrogen-bond acceptors (Lipinski definition) is 4. The maximum atomic E-state index is 12.6. The lowest BCUT2D eigenvalue weighted by Gasteiger charge is -2.17. The number of anilines is 1. The number of aromatic nitrogens is 2. The van der Waals surface area contributed by atoms with Gasteiger partial charge in [0.05, 0.1) is 0 Å². The predicted molar refractivity (Wildman–Crippen MR) is 100 cm³/mol. The quantitative estimate of drug-likeness (QED) is 0.681. The third-order valence-corrected chi connectivity index (χ3v) is 4.97. The van der Waals surface area contributed by atoms with Crippen molar-refractivity contribution in [1.29, 1.82) is 0 Å². The molecule has 3 rings (SSSR count). The Bertz CT molecular complexity index is 826. The maximum absolute atomic E-state index is 12.6. The van der Waals surface area contributed by atoms with E-state index >= 15 is 0 Å². The number of aliphatic hydroxyl groups is 1. The standard InChI is InChI=1S/C19H21N3O2S/c1-14(12-15-6-3-2-4-7-15)22-10-5-8-17(22)18(24)21-19-20-13-16(25-19)9-11-23/h2-8,10,13-14,23H,9,11-12H2,1H3,(H,20,21,24). The molecule has 0 bridgehead atoms. The first-order chi connectivity index (χ1) is 12.2. The molecule has 0 aliphatic heterocycles. The Kier molecular flexibility index (Phi) is 5.63. The summed E-state index contributed by atoms with van der Waals surface area (Å²) in [5, 5.41) is 12.4. The molecule has 0 saturated carbocycles. The lowest BCUT2D eigenvalue weighted by molar-refractivity contribution is 0.101. The van der Waals surface area contributed by atoms with E-state index in [-0.39, 0.29) is 18.6 Å². The summed E-state index contributed by atoms with van der Waals surface area (Å²) in [5.41, 5.74) is 1.85. The van der Waals surface area contributed by atoms with Crippen LogP contribution in [-0.2, 0) is 12.8 Å². The van der Waals surface area contributed by atoms with Gasteiger partial charge < -0.3 is 9.67 Å². The highest BCUT2D eigenvalue weighted by atomic mass is 32.1. The molecule has 5 nitrogen and oxygen atoms in total. The summed E-state index contributed by atoms with van der Waals surface area (Å²) < 4.78 is 1.99. The number of amides is 1. The number of rotatable bonds is 7. The third-order valence-electron chi connectivity index (χ3n) is 3.99. The van der Waals surface area contributed by atoms with E-state index in [1.807, 2.05) is 41.1 Å². The van der Waals surface area contributed by atoms with E-state index < -0.39 is 0 Å². The molecule has 0 radical (unpaired) electrons. The topological polar surface area (TPSA) is 67.2 Å². The molecule has 25 heavy (non-hydrogen) atoms. The average molecular weight is 355 g/mol. The van der Waals surface area contributed by atoms with Crippen molar-refractivity contribution in [3.63, 3.8) is 0 Å². The van der Waals surface area contributed by atoms with Crippen molar-refractivity contribution in [2.24, 2.45) is 0 Å². The van der Waals surface area contributed by atoms with Gasteiger partial charge in [0, 0.05) is 36.3 Å². The highest BCUT2D eigenvalue weighted by molar-refractivity contribution is 7.15. The van der Waals surface area contributed by atoms with Crippen molar-refractivity contribution in [3.05, 3.63) is 71.0 Å². The lowest BCUT2D eigenvalue weighted by atomic mass is 10.1. The Morgan fingerprint density at radius 1 is 1.28 bits per heavy atom. The summed E-state index contributed by atoms with van der Waals surface area (Å²) in [5.74, 6) is -0.171. The fourth-order valence-electron chi connectivity index (χ4n) is 2.78. The normalized spacial score (nSPS) is 12.1. The van der Waals surface area contributed by atoms with E-state index in [0.29, 0.717) is 17.2 Å². The molecule has 1 amide bonds. The van der Waals surface area contributed by atoms with Gasteiger partial charge in [0.25, 0.3) is 5.91 Å². The van der Waals surface area contributed by atoms with Gasteiger partial charge in [-0.1, -0.05) is 30.3 Å². The van der Waals surface area contributed by atoms with Crippen molar-refractivity contribution in [2.75, 3.05) is 11.9 Å². The Balaban J connectivity index is 1.70. The fraction of sp³-hybridized carbons (Fsp3) is 0.263. The molecular formula is C19H21N3O2S. The van der Waals surface area contributed by atoms with Crippen LogP contribution in [-0.4, -0.2) is 27.2 Å². The van der Waals surface area contributed by atoms with Crippen LogP contribution in [0.5, 0.6) is 0 Å². The number of benzene rings is 1. The van der Waals surface area contributed by atoms with Gasteiger partial charge in [-0.3, -0.25) is 10.1 Å². The van der Waals surface area contributed by atoms with Gasteiger partial charge in [0.2, 0.25) is 0 Å². The number of hydrogen-bond donors (Lipinski definition) is 2. The van der Waals surface area contributed by atoms with Gasteiger partial charge in [-0.15, -0.1) is 11.3 Å². The van der Waals surface area contributed by atoms with E-state index in [4.69, 9.17) is 5.11 Å². The minimum absolute atomic E-state index is 0.0788. The highest BCUT2D eigenvalue weighted by Crippen LogP contribution is 2.21. The second-order valence-corrected chi connectivity index (χ2v) is 7.01. The minimum Gasteiger partial charge on any atom is -0.396 e. The van der Waals surface area contributed by atoms with Crippen LogP contribution in [0.15, 0.2) is 54.9 Å². The van der Waals surface area contributed by atoms with Gasteiger partial charge in [-0.25, -0.2) is 4.98 Å². The molecule has 2 heterocycles. The lowest BCUT2D eigenvalue weighted by Crippen LogP contribution is -2.19. The number of thiazole rings is 1. The fourth-order valence-corrected chi connectivity index (χ4v) is 3.57. The molecule has 130 valence electrons. The maximum Gasteiger partial charge on any atom is 0.274 e. The van der Waals surface area contributed by atoms with Gasteiger partial charge >= 0.3 is 0 Å². The van der Waals surface area contributed by atoms with Crippen LogP contribution in [0.3, 0.4) is 0 Å². The van der Waals surface area contributed by atoms with Crippen LogP contribution in [0, 0.1) is 0 Å². The highest BCUT2D eigenvalue weighted by Gasteiger charge is 2.16. The Morgan fingerprint density at radius 2 is 2.08 bits per heavy atom. The summed E-state index contributed by atoms with van der Waals surface area (Å²) in [4.78, 5) is 17.7. The van der Waals surface area contributed by atoms with Crippen molar-refractivity contribution in [3.8, 4) is 0 Å². The molecule has 1 unspecified atom stereocenters. The Morgan fingerprint density at radius 3 is 2.84 bits per heavy atom. The zero-order chi connectivity index (χ0) is 17.6. The van der Waals surface area contributed by atoms with Crippen molar-refractivity contribution < 1.29 is 9.90 Å². The SMILES string of the molecule is CC(Cc1ccccc1)n1cccc1C(=O)Nc1ncc(CCO)s1. The molecule has 0 aliphatic rings. The van der Waals surface area contributed by atoms with Crippen LogP contribution in [0.2, 0.25) is 0 Å². The van der Waals surface area contributed by atoms with Crippen molar-refractivity contribution in [1.82, 2.24) is 9.55 Å². The molecule has 3 aromatic rings. The molecule has 6 heteroatoms. The monoisotopic (exact) mass is 355 g/mol. The van der Waals surface area contributed by atoms with E-state index in [2.05, 4.69) is 29.4 Å². The van der Waals surface area contributed by atoms with Crippen LogP contribution in [0.4, 0.5) is 5.13 Å². The first-order valence-corrected chi connectivity index (χ1v) is 9.06. The van der Waals surface area contributed by atoms with Crippen molar-refractivity contribution >= 4 is 22.4 Å². The summed E-state index contributed by atoms with van der Waals surface area (Å²) in [7, 11) is 0. The predicted octanol–water partition coefficient (Wildman–Crippen LogP) is 3.54. The summed E-state index contributed by atoms with van der Waals surface area (Å²) in [6, 6.07) is 14.1. The molecule has 0 saturated heterocycles. The number of nitrogens with zero attached hydrogens (tertiary/aromatic N) is 2. The number of carbonyl (C=O) groups excluding carboxylic acids is 1. The first kappa shape index (κ1) is 17.4. The molecular weight excluding hydrogens is 334 g/mol. The van der Waals surface area contributed by atoms with E-state index in [9.17, 15) is 4.79 Å². The molecule has 0 spiro atoms. The minimum atomic E-state index is -0.171. The van der Waals surface area contributed by atoms with Crippen LogP contribution < -0.4 is 5.32 Å². The molecule has 2 aromatic heterocycles. The molecule has 0 aliphatic carbocycles. The third kappa shape index (κ3) is 4.35. The number of carbonyl (C=O) groups is 1. The number of aliphatic hydroxyl groups excluding tert-OH is 1. The van der Waals surface area contributed by atoms with Gasteiger partial charge in [0.15, 0.2) is 5.13 Å². The van der Waals surface area contributed by atoms with E-state index in [1.54, 1.807) is 6.20 Å². The zero-order valence-corrected chi connectivity index (χ0v) is 14.9. The number of nitrogens with one attached hydrogen (secondary N) is 1. The van der Waals surface area contributed by atoms with E-state index in [1.165, 1.54) is 16.9 Å². The summed E-state index contributed by atoms with van der Waals surface area (Å²) >= 11 is 1.39. The second-order valence-electron chi connectivity index (χ2n) is 5.90. The molecule has 0 fully saturated rings. The second kappa shape index (κ2) is 8.09. The van der Waals surface area contributed by atoms with Crippen LogP contribution in [0.1, 0.15) is 33.9 Å². The van der Waals surface area contributed by atoms with Gasteiger partial charge in [-0.2, -0.15) is 0 Å². The smallest absolute Gasteiger partial charge is 0.274 e. The van der Waals surface area contributed by atoms with Gasteiger partial charge in [0.1, 0.15) is 5.69 Å². The average Bonchev–Trinajstić information content (AvgIpc) is 3.25. The first-order valence-electron chi connectivity index (χ1n) is 8.25. The zero-order valence-electron chi connectivity index (χ0n) is 14.1. The van der Waals surface area contributed by atoms with Crippen LogP contribution >= 0.6 is 11.3 Å². The largest absolute Gasteiger partial charge is 0.396 e. The van der Waals surface area contributed by atoms with E-state index in [0.717, 1.165) is 11.3 Å². The van der Waals surface area contributed by atoms with Crippen molar-refractivity contribution in [2.45, 2.75) is 25.8 Å². The molecule has 1 aromatic carbocycles. The Labute approximate surface area is 151 Å². The summed E-state index contributed by atoms with van der Waals surface area (Å²) in [6.07, 6.45) is 5.03. The molecule has 2 N–H and O–H groups in total.